The molecule has 0 amide bonds. The van der Waals surface area contributed by atoms with Crippen LogP contribution in [0.15, 0.2) is 0 Å². The van der Waals surface area contributed by atoms with Crippen molar-refractivity contribution in [2.75, 3.05) is 26.9 Å². The molecule has 0 radical (unpaired) electrons. The highest BCUT2D eigenvalue weighted by Crippen LogP contribution is 2.30. The molecule has 0 aromatic rings. The van der Waals surface area contributed by atoms with Crippen molar-refractivity contribution >= 4 is 0 Å². The zero-order valence-corrected chi connectivity index (χ0v) is 10.9. The average Bonchev–Trinajstić information content (AvgIpc) is 2.71. The van der Waals surface area contributed by atoms with Gasteiger partial charge in [-0.2, -0.15) is 0 Å². The number of aliphatic hydroxyl groups excluding tert-OH is 1. The number of nitrogens with one attached hydrogen (secondary N) is 1. The van der Waals surface area contributed by atoms with Gasteiger partial charge in [-0.15, -0.1) is 0 Å². The second-order valence-corrected chi connectivity index (χ2v) is 5.35. The molecule has 0 heterocycles. The molecule has 2 N–H and O–H groups in total. The van der Waals surface area contributed by atoms with Crippen LogP contribution in [-0.4, -0.2) is 38.0 Å². The highest BCUT2D eigenvalue weighted by Gasteiger charge is 2.27. The van der Waals surface area contributed by atoms with Crippen molar-refractivity contribution in [3.63, 3.8) is 0 Å². The van der Waals surface area contributed by atoms with Crippen LogP contribution in [0.3, 0.4) is 0 Å². The van der Waals surface area contributed by atoms with E-state index in [1.54, 1.807) is 7.11 Å². The zero-order chi connectivity index (χ0) is 12.0. The van der Waals surface area contributed by atoms with Gasteiger partial charge >= 0.3 is 0 Å². The Morgan fingerprint density at radius 2 is 2.00 bits per heavy atom. The lowest BCUT2D eigenvalue weighted by molar-refractivity contribution is 0.137. The highest BCUT2D eigenvalue weighted by atomic mass is 16.5. The van der Waals surface area contributed by atoms with E-state index in [0.29, 0.717) is 30.4 Å². The van der Waals surface area contributed by atoms with E-state index in [1.807, 2.05) is 0 Å². The SMILES string of the molecule is COCC(NCC1CCCC1CO)C(C)C. The molecule has 3 heteroatoms. The predicted molar refractivity (Wildman–Crippen MR) is 66.4 cm³/mol. The molecule has 1 aliphatic carbocycles. The van der Waals surface area contributed by atoms with E-state index in [4.69, 9.17) is 4.74 Å². The van der Waals surface area contributed by atoms with Crippen LogP contribution in [0.4, 0.5) is 0 Å². The summed E-state index contributed by atoms with van der Waals surface area (Å²) in [5.74, 6) is 1.76. The van der Waals surface area contributed by atoms with Crippen LogP contribution in [-0.2, 0) is 4.74 Å². The minimum Gasteiger partial charge on any atom is -0.396 e. The molecule has 1 saturated carbocycles. The van der Waals surface area contributed by atoms with Crippen LogP contribution in [0, 0.1) is 17.8 Å². The lowest BCUT2D eigenvalue weighted by Gasteiger charge is -2.25. The Morgan fingerprint density at radius 1 is 1.31 bits per heavy atom. The van der Waals surface area contributed by atoms with Gasteiger partial charge in [-0.3, -0.25) is 0 Å². The Morgan fingerprint density at radius 3 is 2.56 bits per heavy atom. The van der Waals surface area contributed by atoms with E-state index < -0.39 is 0 Å². The maximum Gasteiger partial charge on any atom is 0.0618 e. The Balaban J connectivity index is 2.30. The van der Waals surface area contributed by atoms with E-state index in [1.165, 1.54) is 19.3 Å². The van der Waals surface area contributed by atoms with E-state index in [0.717, 1.165) is 13.2 Å². The third-order valence-corrected chi connectivity index (χ3v) is 3.84. The van der Waals surface area contributed by atoms with Crippen molar-refractivity contribution in [1.29, 1.82) is 0 Å². The summed E-state index contributed by atoms with van der Waals surface area (Å²) in [6.45, 7) is 6.58. The van der Waals surface area contributed by atoms with Gasteiger partial charge in [-0.05, 0) is 37.1 Å². The molecule has 0 aliphatic heterocycles. The fourth-order valence-electron chi connectivity index (χ4n) is 2.59. The van der Waals surface area contributed by atoms with Crippen molar-refractivity contribution < 1.29 is 9.84 Å². The van der Waals surface area contributed by atoms with Gasteiger partial charge < -0.3 is 15.2 Å². The lowest BCUT2D eigenvalue weighted by Crippen LogP contribution is -2.41. The molecule has 0 bridgehead atoms. The molecular formula is C13H27NO2. The normalized spacial score (nSPS) is 27.6. The lowest BCUT2D eigenvalue weighted by atomic mass is 9.96. The van der Waals surface area contributed by atoms with Crippen molar-refractivity contribution in [3.8, 4) is 0 Å². The van der Waals surface area contributed by atoms with Crippen molar-refractivity contribution in [2.24, 2.45) is 17.8 Å². The predicted octanol–water partition coefficient (Wildman–Crippen LogP) is 1.66. The molecule has 0 saturated heterocycles. The highest BCUT2D eigenvalue weighted by molar-refractivity contribution is 4.81. The Hall–Kier alpha value is -0.120. The van der Waals surface area contributed by atoms with Gasteiger partial charge in [0.05, 0.1) is 6.61 Å². The first-order chi connectivity index (χ1) is 7.69. The molecule has 96 valence electrons. The van der Waals surface area contributed by atoms with E-state index in [9.17, 15) is 5.11 Å². The summed E-state index contributed by atoms with van der Waals surface area (Å²) in [6.07, 6.45) is 3.73. The van der Waals surface area contributed by atoms with Crippen molar-refractivity contribution in [2.45, 2.75) is 39.2 Å². The first-order valence-electron chi connectivity index (χ1n) is 6.52. The third-order valence-electron chi connectivity index (χ3n) is 3.84. The van der Waals surface area contributed by atoms with Crippen LogP contribution in [0.2, 0.25) is 0 Å². The standard InChI is InChI=1S/C13H27NO2/c1-10(2)13(9-16-3)14-7-11-5-4-6-12(11)8-15/h10-15H,4-9H2,1-3H3. The molecular weight excluding hydrogens is 202 g/mol. The van der Waals surface area contributed by atoms with E-state index in [-0.39, 0.29) is 0 Å². The summed E-state index contributed by atoms with van der Waals surface area (Å²) in [6, 6.07) is 0.435. The Labute approximate surface area is 99.6 Å². The van der Waals surface area contributed by atoms with Gasteiger partial charge in [0.1, 0.15) is 0 Å². The van der Waals surface area contributed by atoms with Gasteiger partial charge in [0.25, 0.3) is 0 Å². The monoisotopic (exact) mass is 229 g/mol. The summed E-state index contributed by atoms with van der Waals surface area (Å²) in [5, 5.41) is 12.9. The summed E-state index contributed by atoms with van der Waals surface area (Å²) >= 11 is 0. The zero-order valence-electron chi connectivity index (χ0n) is 10.9. The molecule has 3 atom stereocenters. The largest absolute Gasteiger partial charge is 0.396 e. The summed E-state index contributed by atoms with van der Waals surface area (Å²) in [5.41, 5.74) is 0. The third kappa shape index (κ3) is 4.04. The van der Waals surface area contributed by atoms with Crippen molar-refractivity contribution in [1.82, 2.24) is 5.32 Å². The average molecular weight is 229 g/mol. The maximum atomic E-state index is 9.26. The van der Waals surface area contributed by atoms with Gasteiger partial charge in [-0.1, -0.05) is 20.3 Å². The number of rotatable bonds is 7. The summed E-state index contributed by atoms with van der Waals surface area (Å²) < 4.78 is 5.22. The van der Waals surface area contributed by atoms with E-state index in [2.05, 4.69) is 19.2 Å². The molecule has 16 heavy (non-hydrogen) atoms. The fraction of sp³-hybridized carbons (Fsp3) is 1.00. The van der Waals surface area contributed by atoms with Gasteiger partial charge in [0.15, 0.2) is 0 Å². The second kappa shape index (κ2) is 7.25. The number of methoxy groups -OCH3 is 1. The van der Waals surface area contributed by atoms with Crippen LogP contribution in [0.1, 0.15) is 33.1 Å². The topological polar surface area (TPSA) is 41.5 Å². The van der Waals surface area contributed by atoms with Crippen LogP contribution >= 0.6 is 0 Å². The molecule has 1 fully saturated rings. The van der Waals surface area contributed by atoms with Gasteiger partial charge in [-0.25, -0.2) is 0 Å². The quantitative estimate of drug-likeness (QED) is 0.697. The summed E-state index contributed by atoms with van der Waals surface area (Å²) in [4.78, 5) is 0. The fourth-order valence-corrected chi connectivity index (χ4v) is 2.59. The number of hydrogen-bond donors (Lipinski definition) is 2. The molecule has 3 nitrogen and oxygen atoms in total. The minimum absolute atomic E-state index is 0.350. The van der Waals surface area contributed by atoms with Gasteiger partial charge in [0.2, 0.25) is 0 Å². The minimum atomic E-state index is 0.350. The number of ether oxygens (including phenoxy) is 1. The van der Waals surface area contributed by atoms with Crippen LogP contribution in [0.5, 0.6) is 0 Å². The Kier molecular flexibility index (Phi) is 6.32. The molecule has 1 aliphatic rings. The number of aliphatic hydroxyl groups is 1. The first-order valence-corrected chi connectivity index (χ1v) is 6.52. The van der Waals surface area contributed by atoms with E-state index >= 15 is 0 Å². The molecule has 0 spiro atoms. The Bertz CT molecular complexity index is 183. The van der Waals surface area contributed by atoms with Crippen LogP contribution < -0.4 is 5.32 Å². The van der Waals surface area contributed by atoms with Crippen molar-refractivity contribution in [3.05, 3.63) is 0 Å². The second-order valence-electron chi connectivity index (χ2n) is 5.35. The van der Waals surface area contributed by atoms with Gasteiger partial charge in [0, 0.05) is 19.8 Å². The summed E-state index contributed by atoms with van der Waals surface area (Å²) in [7, 11) is 1.75. The number of hydrogen-bond acceptors (Lipinski definition) is 3. The van der Waals surface area contributed by atoms with Crippen LogP contribution in [0.25, 0.3) is 0 Å². The molecule has 1 rings (SSSR count). The molecule has 0 aromatic carbocycles. The maximum absolute atomic E-state index is 9.26. The molecule has 0 aromatic heterocycles. The molecule has 3 unspecified atom stereocenters. The smallest absolute Gasteiger partial charge is 0.0618 e. The first kappa shape index (κ1) is 13.9.